The minimum absolute atomic E-state index is 0.244. The van der Waals surface area contributed by atoms with Crippen molar-refractivity contribution in [2.24, 2.45) is 0 Å². The summed E-state index contributed by atoms with van der Waals surface area (Å²) in [5.41, 5.74) is 1.11. The number of nitrogens with one attached hydrogen (secondary N) is 1. The van der Waals surface area contributed by atoms with Gasteiger partial charge in [-0.2, -0.15) is 5.26 Å². The number of benzene rings is 1. The van der Waals surface area contributed by atoms with Crippen LogP contribution < -0.4 is 10.9 Å². The molecule has 1 aromatic carbocycles. The van der Waals surface area contributed by atoms with Gasteiger partial charge in [-0.3, -0.25) is 4.79 Å². The zero-order chi connectivity index (χ0) is 19.6. The minimum Gasteiger partial charge on any atom is -0.352 e. The maximum absolute atomic E-state index is 13.3. The van der Waals surface area contributed by atoms with Gasteiger partial charge in [-0.25, -0.2) is 18.9 Å². The summed E-state index contributed by atoms with van der Waals surface area (Å²) in [7, 11) is 0. The first kappa shape index (κ1) is 18.6. The number of hydrogen-bond donors (Lipinski definition) is 1. The lowest BCUT2D eigenvalue weighted by Gasteiger charge is -2.16. The van der Waals surface area contributed by atoms with E-state index in [2.05, 4.69) is 27.9 Å². The van der Waals surface area contributed by atoms with E-state index in [0.717, 1.165) is 0 Å². The number of halogens is 1. The Morgan fingerprint density at radius 2 is 2.07 bits per heavy atom. The summed E-state index contributed by atoms with van der Waals surface area (Å²) in [5.74, 6) is -0.163. The summed E-state index contributed by atoms with van der Waals surface area (Å²) in [5, 5.41) is 13.4. The first-order chi connectivity index (χ1) is 13.0. The molecule has 1 N–H and O–H groups in total. The third-order valence-corrected chi connectivity index (χ3v) is 4.64. The zero-order valence-corrected chi connectivity index (χ0v) is 15.6. The molecule has 0 radical (unpaired) electrons. The Bertz CT molecular complexity index is 1130. The van der Waals surface area contributed by atoms with Crippen LogP contribution in [0, 0.1) is 24.1 Å². The van der Waals surface area contributed by atoms with E-state index in [1.807, 2.05) is 6.26 Å². The van der Waals surface area contributed by atoms with Gasteiger partial charge >= 0.3 is 0 Å². The molecule has 0 spiro atoms. The van der Waals surface area contributed by atoms with E-state index in [4.69, 9.17) is 0 Å². The Morgan fingerprint density at radius 3 is 2.67 bits per heavy atom. The SMILES string of the molecule is C=CCNc1nc2c(C#N)c(SC)nc(C)c2c(=O)n1-c1ccc(F)cc1. The summed E-state index contributed by atoms with van der Waals surface area (Å²) < 4.78 is 14.7. The zero-order valence-electron chi connectivity index (χ0n) is 14.8. The summed E-state index contributed by atoms with van der Waals surface area (Å²) in [4.78, 5) is 22.2. The van der Waals surface area contributed by atoms with Crippen molar-refractivity contribution in [3.05, 3.63) is 64.3 Å². The minimum atomic E-state index is -0.407. The number of aromatic nitrogens is 3. The molecule has 3 rings (SSSR count). The molecule has 0 bridgehead atoms. The van der Waals surface area contributed by atoms with Crippen LogP contribution in [0.25, 0.3) is 16.6 Å². The van der Waals surface area contributed by atoms with E-state index in [9.17, 15) is 14.4 Å². The van der Waals surface area contributed by atoms with Crippen molar-refractivity contribution < 1.29 is 4.39 Å². The van der Waals surface area contributed by atoms with E-state index < -0.39 is 5.82 Å². The van der Waals surface area contributed by atoms with Gasteiger partial charge in [-0.05, 0) is 37.4 Å². The van der Waals surface area contributed by atoms with Gasteiger partial charge < -0.3 is 5.32 Å². The van der Waals surface area contributed by atoms with Crippen molar-refractivity contribution in [2.45, 2.75) is 11.9 Å². The quantitative estimate of drug-likeness (QED) is 0.539. The number of aryl methyl sites for hydroxylation is 1. The molecule has 27 heavy (non-hydrogen) atoms. The predicted octanol–water partition coefficient (Wildman–Crippen LogP) is 3.42. The van der Waals surface area contributed by atoms with E-state index in [1.54, 1.807) is 13.0 Å². The topological polar surface area (TPSA) is 83.6 Å². The summed E-state index contributed by atoms with van der Waals surface area (Å²) in [6.45, 7) is 5.72. The van der Waals surface area contributed by atoms with Gasteiger partial charge in [0.1, 0.15) is 28.0 Å². The lowest BCUT2D eigenvalue weighted by atomic mass is 10.1. The molecular weight excluding hydrogens is 365 g/mol. The summed E-state index contributed by atoms with van der Waals surface area (Å²) in [6, 6.07) is 7.63. The molecule has 0 aliphatic carbocycles. The van der Waals surface area contributed by atoms with E-state index in [0.29, 0.717) is 28.5 Å². The van der Waals surface area contributed by atoms with Crippen LogP contribution in [-0.2, 0) is 0 Å². The molecule has 136 valence electrons. The molecule has 0 amide bonds. The molecule has 0 aliphatic heterocycles. The second-order valence-corrected chi connectivity index (χ2v) is 6.43. The van der Waals surface area contributed by atoms with Gasteiger partial charge in [0, 0.05) is 6.54 Å². The Balaban J connectivity index is 2.44. The van der Waals surface area contributed by atoms with Gasteiger partial charge in [0.05, 0.1) is 16.8 Å². The fraction of sp³-hybridized carbons (Fsp3) is 0.158. The summed E-state index contributed by atoms with van der Waals surface area (Å²) in [6.07, 6.45) is 3.44. The van der Waals surface area contributed by atoms with E-state index >= 15 is 0 Å². The van der Waals surface area contributed by atoms with Crippen LogP contribution >= 0.6 is 11.8 Å². The standard InChI is InChI=1S/C19H16FN5OS/c1-4-9-22-19-24-16-14(10-21)17(27-3)23-11(2)15(16)18(26)25(19)13-7-5-12(20)6-8-13/h4-8H,1,9H2,2-3H3,(H,22,24). The van der Waals surface area contributed by atoms with Gasteiger partial charge in [0.25, 0.3) is 5.56 Å². The second-order valence-electron chi connectivity index (χ2n) is 5.64. The number of anilines is 1. The number of fused-ring (bicyclic) bond motifs is 1. The van der Waals surface area contributed by atoms with Crippen molar-refractivity contribution in [1.82, 2.24) is 14.5 Å². The lowest BCUT2D eigenvalue weighted by molar-refractivity contribution is 0.627. The van der Waals surface area contributed by atoms with Crippen molar-refractivity contribution in [3.8, 4) is 11.8 Å². The number of thioether (sulfide) groups is 1. The number of rotatable bonds is 5. The molecule has 0 saturated carbocycles. The summed E-state index contributed by atoms with van der Waals surface area (Å²) >= 11 is 1.32. The molecule has 0 aliphatic rings. The van der Waals surface area contributed by atoms with Crippen LogP contribution in [-0.4, -0.2) is 27.3 Å². The van der Waals surface area contributed by atoms with Crippen LogP contribution in [0.1, 0.15) is 11.3 Å². The number of nitriles is 1. The second kappa shape index (κ2) is 7.60. The number of hydrogen-bond acceptors (Lipinski definition) is 6. The molecule has 0 unspecified atom stereocenters. The third kappa shape index (κ3) is 3.29. The third-order valence-electron chi connectivity index (χ3n) is 3.96. The van der Waals surface area contributed by atoms with Gasteiger partial charge in [0.2, 0.25) is 5.95 Å². The normalized spacial score (nSPS) is 10.6. The number of nitrogens with zero attached hydrogens (tertiary/aromatic N) is 4. The largest absolute Gasteiger partial charge is 0.352 e. The molecule has 8 heteroatoms. The Morgan fingerprint density at radius 1 is 1.37 bits per heavy atom. The fourth-order valence-electron chi connectivity index (χ4n) is 2.75. The fourth-order valence-corrected chi connectivity index (χ4v) is 3.33. The van der Waals surface area contributed by atoms with E-state index in [1.165, 1.54) is 40.6 Å². The molecule has 0 fully saturated rings. The smallest absolute Gasteiger partial charge is 0.269 e. The molecule has 6 nitrogen and oxygen atoms in total. The molecule has 3 aromatic rings. The molecule has 0 saturated heterocycles. The average Bonchev–Trinajstić information content (AvgIpc) is 2.66. The predicted molar refractivity (Wildman–Crippen MR) is 105 cm³/mol. The highest BCUT2D eigenvalue weighted by molar-refractivity contribution is 7.98. The maximum Gasteiger partial charge on any atom is 0.269 e. The first-order valence-electron chi connectivity index (χ1n) is 8.04. The van der Waals surface area contributed by atoms with Gasteiger partial charge in [-0.15, -0.1) is 18.3 Å². The van der Waals surface area contributed by atoms with Crippen LogP contribution in [0.2, 0.25) is 0 Å². The van der Waals surface area contributed by atoms with Crippen molar-refractivity contribution in [3.63, 3.8) is 0 Å². The number of pyridine rings is 1. The lowest BCUT2D eigenvalue weighted by Crippen LogP contribution is -2.25. The molecule has 2 heterocycles. The van der Waals surface area contributed by atoms with Crippen molar-refractivity contribution in [1.29, 1.82) is 5.26 Å². The maximum atomic E-state index is 13.3. The Kier molecular flexibility index (Phi) is 5.23. The van der Waals surface area contributed by atoms with Gasteiger partial charge in [0.15, 0.2) is 0 Å². The van der Waals surface area contributed by atoms with Crippen LogP contribution in [0.5, 0.6) is 0 Å². The monoisotopic (exact) mass is 381 g/mol. The Labute approximate surface area is 159 Å². The molecule has 0 atom stereocenters. The van der Waals surface area contributed by atoms with Crippen molar-refractivity contribution in [2.75, 3.05) is 18.1 Å². The van der Waals surface area contributed by atoms with E-state index in [-0.39, 0.29) is 22.5 Å². The van der Waals surface area contributed by atoms with Crippen LogP contribution in [0.4, 0.5) is 10.3 Å². The highest BCUT2D eigenvalue weighted by atomic mass is 32.2. The molecule has 2 aromatic heterocycles. The van der Waals surface area contributed by atoms with Crippen LogP contribution in [0.15, 0.2) is 46.7 Å². The Hall–Kier alpha value is -3.18. The molecular formula is C19H16FN5OS. The highest BCUT2D eigenvalue weighted by Crippen LogP contribution is 2.27. The average molecular weight is 381 g/mol. The van der Waals surface area contributed by atoms with Crippen molar-refractivity contribution >= 4 is 28.6 Å². The highest BCUT2D eigenvalue weighted by Gasteiger charge is 2.20. The van der Waals surface area contributed by atoms with Gasteiger partial charge in [-0.1, -0.05) is 6.08 Å². The van der Waals surface area contributed by atoms with Crippen LogP contribution in [0.3, 0.4) is 0 Å². The first-order valence-corrected chi connectivity index (χ1v) is 9.26.